The van der Waals surface area contributed by atoms with E-state index >= 15 is 0 Å². The molecule has 3 aromatic carbocycles. The Balaban J connectivity index is 0.000000163. The highest BCUT2D eigenvalue weighted by atomic mass is 35.5. The Labute approximate surface area is 172 Å². The molecule has 0 saturated carbocycles. The molecule has 28 heavy (non-hydrogen) atoms. The Hall–Kier alpha value is -2.77. The molecule has 0 aliphatic heterocycles. The molecule has 0 bridgehead atoms. The van der Waals surface area contributed by atoms with Crippen LogP contribution in [-0.2, 0) is 19.3 Å². The number of hydrogen-bond acceptors (Lipinski definition) is 0. The van der Waals surface area contributed by atoms with Crippen molar-refractivity contribution >= 4 is 29.4 Å². The number of allylic oxidation sites excluding steroid dienone is 1. The predicted octanol–water partition coefficient (Wildman–Crippen LogP) is 6.73. The van der Waals surface area contributed by atoms with Crippen LogP contribution in [0.4, 0.5) is 0 Å². The van der Waals surface area contributed by atoms with Crippen molar-refractivity contribution in [3.8, 4) is 0 Å². The van der Waals surface area contributed by atoms with E-state index in [0.717, 1.165) is 6.42 Å². The van der Waals surface area contributed by atoms with Crippen LogP contribution in [-0.4, -0.2) is 4.98 Å². The minimum absolute atomic E-state index is 0. The number of hydrogen-bond donors (Lipinski definition) is 1. The lowest BCUT2D eigenvalue weighted by Gasteiger charge is -2.07. The van der Waals surface area contributed by atoms with Crippen molar-refractivity contribution in [1.82, 2.24) is 4.98 Å². The monoisotopic (exact) mass is 385 g/mol. The van der Waals surface area contributed by atoms with Gasteiger partial charge < -0.3 is 4.98 Å². The SMILES string of the molecule is C1=Cc2ccccc2C1.Cl.c1ccc2c(c1)CC(c1c[nH]c3ccccc13)C2. The van der Waals surface area contributed by atoms with Gasteiger partial charge in [-0.15, -0.1) is 12.4 Å². The third-order valence-electron chi connectivity index (χ3n) is 5.80. The Morgan fingerprint density at radius 3 is 2.11 bits per heavy atom. The first kappa shape index (κ1) is 18.6. The maximum atomic E-state index is 3.39. The Kier molecular flexibility index (Phi) is 5.36. The first-order chi connectivity index (χ1) is 13.4. The van der Waals surface area contributed by atoms with Gasteiger partial charge in [-0.25, -0.2) is 0 Å². The molecule has 2 aliphatic rings. The van der Waals surface area contributed by atoms with Crippen molar-refractivity contribution in [2.45, 2.75) is 25.2 Å². The zero-order valence-corrected chi connectivity index (χ0v) is 16.6. The molecule has 0 saturated heterocycles. The molecule has 0 radical (unpaired) electrons. The number of aromatic nitrogens is 1. The zero-order chi connectivity index (χ0) is 18.1. The van der Waals surface area contributed by atoms with Crippen LogP contribution in [0.5, 0.6) is 0 Å². The molecule has 0 atom stereocenters. The van der Waals surface area contributed by atoms with Gasteiger partial charge in [0.15, 0.2) is 0 Å². The first-order valence-corrected chi connectivity index (χ1v) is 9.76. The van der Waals surface area contributed by atoms with Gasteiger partial charge in [0.25, 0.3) is 0 Å². The summed E-state index contributed by atoms with van der Waals surface area (Å²) in [5, 5.41) is 1.38. The fraction of sp³-hybridized carbons (Fsp3) is 0.154. The van der Waals surface area contributed by atoms with Crippen LogP contribution in [0.1, 0.15) is 33.7 Å². The fourth-order valence-electron chi connectivity index (χ4n) is 4.41. The van der Waals surface area contributed by atoms with E-state index in [2.05, 4.69) is 96.1 Å². The van der Waals surface area contributed by atoms with Gasteiger partial charge in [-0.3, -0.25) is 0 Å². The molecule has 2 heteroatoms. The molecule has 4 aromatic rings. The third-order valence-corrected chi connectivity index (χ3v) is 5.80. The lowest BCUT2D eigenvalue weighted by molar-refractivity contribution is 0.748. The highest BCUT2D eigenvalue weighted by Crippen LogP contribution is 2.36. The van der Waals surface area contributed by atoms with Crippen molar-refractivity contribution in [3.05, 3.63) is 113 Å². The molecule has 1 aromatic heterocycles. The van der Waals surface area contributed by atoms with Gasteiger partial charge in [0.2, 0.25) is 0 Å². The molecule has 0 fully saturated rings. The van der Waals surface area contributed by atoms with Gasteiger partial charge in [-0.05, 0) is 59.1 Å². The van der Waals surface area contributed by atoms with Crippen molar-refractivity contribution in [2.75, 3.05) is 0 Å². The lowest BCUT2D eigenvalue weighted by atomic mass is 9.96. The van der Waals surface area contributed by atoms with Gasteiger partial charge in [0.1, 0.15) is 0 Å². The number of fused-ring (bicyclic) bond motifs is 3. The second-order valence-electron chi connectivity index (χ2n) is 7.47. The van der Waals surface area contributed by atoms with Crippen molar-refractivity contribution in [3.63, 3.8) is 0 Å². The summed E-state index contributed by atoms with van der Waals surface area (Å²) in [5.74, 6) is 0.638. The van der Waals surface area contributed by atoms with Crippen LogP contribution in [0.3, 0.4) is 0 Å². The maximum Gasteiger partial charge on any atom is 0.0456 e. The first-order valence-electron chi connectivity index (χ1n) is 9.76. The number of benzene rings is 3. The fourth-order valence-corrected chi connectivity index (χ4v) is 4.41. The number of rotatable bonds is 1. The molecule has 0 spiro atoms. The number of halogens is 1. The van der Waals surface area contributed by atoms with E-state index in [1.807, 2.05) is 0 Å². The summed E-state index contributed by atoms with van der Waals surface area (Å²) >= 11 is 0. The Morgan fingerprint density at radius 1 is 0.714 bits per heavy atom. The average Bonchev–Trinajstić information content (AvgIpc) is 3.45. The molecule has 6 rings (SSSR count). The zero-order valence-electron chi connectivity index (χ0n) is 15.8. The average molecular weight is 386 g/mol. The van der Waals surface area contributed by atoms with Gasteiger partial charge in [0.05, 0.1) is 0 Å². The standard InChI is InChI=1S/C17H15N.C9H8.ClH/c1-2-6-13-10-14(9-12(13)5-1)16-11-18-17-8-4-3-7-15(16)17;1-2-5-9-7-3-6-8(9)4-1;/h1-8,11,14,18H,9-10H2;1-6H,7H2;1H. The van der Waals surface area contributed by atoms with Gasteiger partial charge in [-0.1, -0.05) is 78.9 Å². The molecular formula is C26H24ClN. The van der Waals surface area contributed by atoms with Crippen molar-refractivity contribution in [2.24, 2.45) is 0 Å². The minimum Gasteiger partial charge on any atom is -0.361 e. The number of nitrogens with one attached hydrogen (secondary N) is 1. The number of H-pyrrole nitrogens is 1. The summed E-state index contributed by atoms with van der Waals surface area (Å²) < 4.78 is 0. The summed E-state index contributed by atoms with van der Waals surface area (Å²) in [4.78, 5) is 3.39. The molecule has 0 unspecified atom stereocenters. The van der Waals surface area contributed by atoms with E-state index in [-0.39, 0.29) is 12.4 Å². The molecular weight excluding hydrogens is 362 g/mol. The third kappa shape index (κ3) is 3.50. The van der Waals surface area contributed by atoms with E-state index < -0.39 is 0 Å². The van der Waals surface area contributed by atoms with Gasteiger partial charge in [-0.2, -0.15) is 0 Å². The van der Waals surface area contributed by atoms with Crippen LogP contribution in [0, 0.1) is 0 Å². The maximum absolute atomic E-state index is 3.39. The van der Waals surface area contributed by atoms with Crippen LogP contribution in [0.15, 0.2) is 85.1 Å². The van der Waals surface area contributed by atoms with Crippen molar-refractivity contribution < 1.29 is 0 Å². The highest BCUT2D eigenvalue weighted by Gasteiger charge is 2.24. The highest BCUT2D eigenvalue weighted by molar-refractivity contribution is 5.85. The lowest BCUT2D eigenvalue weighted by Crippen LogP contribution is -1.96. The minimum atomic E-state index is 0. The van der Waals surface area contributed by atoms with E-state index in [0.29, 0.717) is 5.92 Å². The predicted molar refractivity (Wildman–Crippen MR) is 121 cm³/mol. The van der Waals surface area contributed by atoms with E-state index in [1.54, 1.807) is 0 Å². The number of para-hydroxylation sites is 1. The van der Waals surface area contributed by atoms with Crippen LogP contribution >= 0.6 is 12.4 Å². The molecule has 1 N–H and O–H groups in total. The summed E-state index contributed by atoms with van der Waals surface area (Å²) in [6, 6.07) is 25.9. The van der Waals surface area contributed by atoms with E-state index in [4.69, 9.17) is 0 Å². The Morgan fingerprint density at radius 2 is 1.36 bits per heavy atom. The van der Waals surface area contributed by atoms with Gasteiger partial charge in [0, 0.05) is 17.1 Å². The summed E-state index contributed by atoms with van der Waals surface area (Å²) in [5.41, 5.74) is 8.61. The van der Waals surface area contributed by atoms with E-state index in [9.17, 15) is 0 Å². The van der Waals surface area contributed by atoms with Crippen molar-refractivity contribution in [1.29, 1.82) is 0 Å². The molecule has 2 aliphatic carbocycles. The molecule has 1 heterocycles. The second-order valence-corrected chi connectivity index (χ2v) is 7.47. The largest absolute Gasteiger partial charge is 0.361 e. The van der Waals surface area contributed by atoms with Crippen LogP contribution in [0.2, 0.25) is 0 Å². The second kappa shape index (κ2) is 8.08. The topological polar surface area (TPSA) is 15.8 Å². The normalized spacial score (nSPS) is 14.1. The molecule has 0 amide bonds. The summed E-state index contributed by atoms with van der Waals surface area (Å²) in [7, 11) is 0. The summed E-state index contributed by atoms with van der Waals surface area (Å²) in [6.07, 6.45) is 10.0. The molecule has 140 valence electrons. The summed E-state index contributed by atoms with van der Waals surface area (Å²) in [6.45, 7) is 0. The molecule has 1 nitrogen and oxygen atoms in total. The number of aromatic amines is 1. The van der Waals surface area contributed by atoms with E-state index in [1.165, 1.54) is 51.6 Å². The van der Waals surface area contributed by atoms with Crippen LogP contribution in [0.25, 0.3) is 17.0 Å². The quantitative estimate of drug-likeness (QED) is 0.374. The Bertz CT molecular complexity index is 1100. The van der Waals surface area contributed by atoms with Crippen LogP contribution < -0.4 is 0 Å². The van der Waals surface area contributed by atoms with Gasteiger partial charge >= 0.3 is 0 Å². The smallest absolute Gasteiger partial charge is 0.0456 e.